The Morgan fingerprint density at radius 1 is 1.17 bits per heavy atom. The maximum Gasteiger partial charge on any atom is 0.225 e. The Kier molecular flexibility index (Phi) is 4.61. The average molecular weight is 354 g/mol. The number of hydrogen-bond acceptors (Lipinski definition) is 7. The predicted molar refractivity (Wildman–Crippen MR) is 92.3 cm³/mol. The lowest BCUT2D eigenvalue weighted by atomic mass is 9.90. The van der Waals surface area contributed by atoms with Crippen molar-refractivity contribution in [2.45, 2.75) is 37.8 Å². The summed E-state index contributed by atoms with van der Waals surface area (Å²) >= 11 is 7.51. The third-order valence-electron chi connectivity index (χ3n) is 4.77. The van der Waals surface area contributed by atoms with Crippen molar-refractivity contribution in [3.63, 3.8) is 0 Å². The molecule has 0 unspecified atom stereocenters. The third-order valence-corrected chi connectivity index (χ3v) is 5.66. The molecule has 23 heavy (non-hydrogen) atoms. The van der Waals surface area contributed by atoms with E-state index < -0.39 is 0 Å². The summed E-state index contributed by atoms with van der Waals surface area (Å²) in [6.07, 6.45) is 4.73. The summed E-state index contributed by atoms with van der Waals surface area (Å²) in [5.41, 5.74) is 2.62. The molecule has 3 heterocycles. The van der Waals surface area contributed by atoms with Gasteiger partial charge in [0.15, 0.2) is 10.6 Å². The van der Waals surface area contributed by atoms with Gasteiger partial charge in [0, 0.05) is 25.2 Å². The Balaban J connectivity index is 1.39. The van der Waals surface area contributed by atoms with Crippen molar-refractivity contribution in [3.05, 3.63) is 10.8 Å². The summed E-state index contributed by atoms with van der Waals surface area (Å²) in [5, 5.41) is 3.82. The summed E-state index contributed by atoms with van der Waals surface area (Å²) < 4.78 is 5.45. The lowest BCUT2D eigenvalue weighted by molar-refractivity contribution is 0.00791. The number of morpholine rings is 1. The van der Waals surface area contributed by atoms with E-state index in [9.17, 15) is 0 Å². The van der Waals surface area contributed by atoms with Gasteiger partial charge in [-0.1, -0.05) is 0 Å². The predicted octanol–water partition coefficient (Wildman–Crippen LogP) is 2.80. The van der Waals surface area contributed by atoms with E-state index in [4.69, 9.17) is 16.3 Å². The standard InChI is InChI=1S/C15H20ClN5OS/c16-15-19-13(12-14(20-15)23-9-17-12)18-10-1-3-11(4-2-10)21-5-7-22-8-6-21/h9-11H,1-8H2,(H,18,19,20). The van der Waals surface area contributed by atoms with Gasteiger partial charge in [-0.2, -0.15) is 4.98 Å². The van der Waals surface area contributed by atoms with Gasteiger partial charge in [0.1, 0.15) is 5.52 Å². The number of halogens is 1. The molecule has 2 aliphatic rings. The van der Waals surface area contributed by atoms with E-state index in [0.717, 1.165) is 55.3 Å². The molecule has 2 fully saturated rings. The number of nitrogens with one attached hydrogen (secondary N) is 1. The van der Waals surface area contributed by atoms with E-state index >= 15 is 0 Å². The van der Waals surface area contributed by atoms with Crippen molar-refractivity contribution < 1.29 is 4.74 Å². The summed E-state index contributed by atoms with van der Waals surface area (Å²) in [7, 11) is 0. The Hall–Kier alpha value is -1.02. The Morgan fingerprint density at radius 3 is 2.74 bits per heavy atom. The smallest absolute Gasteiger partial charge is 0.225 e. The van der Waals surface area contributed by atoms with Crippen molar-refractivity contribution in [3.8, 4) is 0 Å². The molecule has 8 heteroatoms. The highest BCUT2D eigenvalue weighted by Crippen LogP contribution is 2.29. The lowest BCUT2D eigenvalue weighted by Crippen LogP contribution is -2.46. The van der Waals surface area contributed by atoms with Crippen LogP contribution < -0.4 is 5.32 Å². The molecular weight excluding hydrogens is 334 g/mol. The number of hydrogen-bond donors (Lipinski definition) is 1. The first kappa shape index (κ1) is 15.5. The normalized spacial score (nSPS) is 26.5. The topological polar surface area (TPSA) is 63.2 Å². The van der Waals surface area contributed by atoms with Crippen LogP contribution in [0, 0.1) is 0 Å². The number of nitrogens with zero attached hydrogens (tertiary/aromatic N) is 4. The second-order valence-electron chi connectivity index (χ2n) is 6.15. The molecule has 4 rings (SSSR count). The second-order valence-corrected chi connectivity index (χ2v) is 7.32. The van der Waals surface area contributed by atoms with Crippen LogP contribution >= 0.6 is 22.9 Å². The molecule has 1 saturated heterocycles. The van der Waals surface area contributed by atoms with Gasteiger partial charge in [0.2, 0.25) is 5.28 Å². The molecule has 1 saturated carbocycles. The number of aromatic nitrogens is 3. The Labute approximate surface area is 144 Å². The van der Waals surface area contributed by atoms with Crippen molar-refractivity contribution in [1.82, 2.24) is 19.9 Å². The summed E-state index contributed by atoms with van der Waals surface area (Å²) in [6, 6.07) is 1.13. The van der Waals surface area contributed by atoms with Gasteiger partial charge >= 0.3 is 0 Å². The SMILES string of the molecule is Clc1nc(NC2CCC(N3CCOCC3)CC2)c2ncsc2n1. The van der Waals surface area contributed by atoms with E-state index in [1.54, 1.807) is 5.51 Å². The van der Waals surface area contributed by atoms with Gasteiger partial charge in [0.25, 0.3) is 0 Å². The molecule has 1 N–H and O–H groups in total. The molecule has 124 valence electrons. The first-order valence-electron chi connectivity index (χ1n) is 8.14. The minimum atomic E-state index is 0.284. The van der Waals surface area contributed by atoms with E-state index in [0.29, 0.717) is 12.1 Å². The summed E-state index contributed by atoms with van der Waals surface area (Å²) in [4.78, 5) is 16.3. The van der Waals surface area contributed by atoms with Gasteiger partial charge in [-0.25, -0.2) is 9.97 Å². The van der Waals surface area contributed by atoms with Crippen molar-refractivity contribution in [2.24, 2.45) is 0 Å². The molecule has 0 aromatic carbocycles. The molecule has 6 nitrogen and oxygen atoms in total. The zero-order valence-corrected chi connectivity index (χ0v) is 14.4. The molecule has 0 amide bonds. The van der Waals surface area contributed by atoms with Crippen LogP contribution in [0.5, 0.6) is 0 Å². The minimum absolute atomic E-state index is 0.284. The highest BCUT2D eigenvalue weighted by Gasteiger charge is 2.27. The van der Waals surface area contributed by atoms with Crippen LogP contribution in [0.2, 0.25) is 5.28 Å². The first-order valence-corrected chi connectivity index (χ1v) is 9.40. The molecule has 0 radical (unpaired) electrons. The van der Waals surface area contributed by atoms with Crippen LogP contribution in [0.15, 0.2) is 5.51 Å². The Morgan fingerprint density at radius 2 is 1.96 bits per heavy atom. The van der Waals surface area contributed by atoms with E-state index in [1.165, 1.54) is 24.2 Å². The number of rotatable bonds is 3. The molecule has 1 aliphatic carbocycles. The molecule has 2 aromatic rings. The van der Waals surface area contributed by atoms with Crippen molar-refractivity contribution in [2.75, 3.05) is 31.6 Å². The van der Waals surface area contributed by atoms with Crippen molar-refractivity contribution in [1.29, 1.82) is 0 Å². The number of ether oxygens (including phenoxy) is 1. The number of fused-ring (bicyclic) bond motifs is 1. The first-order chi connectivity index (χ1) is 11.3. The fourth-order valence-electron chi connectivity index (χ4n) is 3.56. The maximum absolute atomic E-state index is 6.02. The van der Waals surface area contributed by atoms with Gasteiger partial charge in [-0.15, -0.1) is 11.3 Å². The molecule has 0 atom stereocenters. The molecule has 2 aromatic heterocycles. The zero-order valence-electron chi connectivity index (χ0n) is 12.9. The van der Waals surface area contributed by atoms with Gasteiger partial charge < -0.3 is 10.1 Å². The fraction of sp³-hybridized carbons (Fsp3) is 0.667. The molecular formula is C15H20ClN5OS. The molecule has 0 spiro atoms. The van der Waals surface area contributed by atoms with Crippen LogP contribution in [0.1, 0.15) is 25.7 Å². The highest BCUT2D eigenvalue weighted by atomic mass is 35.5. The van der Waals surface area contributed by atoms with Crippen LogP contribution in [-0.2, 0) is 4.74 Å². The Bertz CT molecular complexity index is 667. The van der Waals surface area contributed by atoms with Crippen LogP contribution in [-0.4, -0.2) is 58.2 Å². The van der Waals surface area contributed by atoms with E-state index in [2.05, 4.69) is 25.2 Å². The summed E-state index contributed by atoms with van der Waals surface area (Å²) in [5.74, 6) is 0.774. The van der Waals surface area contributed by atoms with Crippen LogP contribution in [0.4, 0.5) is 5.82 Å². The van der Waals surface area contributed by atoms with Crippen molar-refractivity contribution >= 4 is 39.1 Å². The van der Waals surface area contributed by atoms with E-state index in [-0.39, 0.29) is 5.28 Å². The number of thiazole rings is 1. The lowest BCUT2D eigenvalue weighted by Gasteiger charge is -2.39. The largest absolute Gasteiger partial charge is 0.379 e. The number of anilines is 1. The van der Waals surface area contributed by atoms with Gasteiger partial charge in [0.05, 0.1) is 18.7 Å². The van der Waals surface area contributed by atoms with Crippen LogP contribution in [0.25, 0.3) is 10.3 Å². The summed E-state index contributed by atoms with van der Waals surface area (Å²) in [6.45, 7) is 3.90. The highest BCUT2D eigenvalue weighted by molar-refractivity contribution is 7.16. The zero-order chi connectivity index (χ0) is 15.6. The third kappa shape index (κ3) is 3.42. The van der Waals surface area contributed by atoms with Gasteiger partial charge in [-0.05, 0) is 37.3 Å². The quantitative estimate of drug-likeness (QED) is 0.856. The minimum Gasteiger partial charge on any atom is -0.379 e. The molecule has 1 aliphatic heterocycles. The second kappa shape index (κ2) is 6.84. The monoisotopic (exact) mass is 353 g/mol. The van der Waals surface area contributed by atoms with Crippen LogP contribution in [0.3, 0.4) is 0 Å². The maximum atomic E-state index is 6.02. The molecule has 0 bridgehead atoms. The average Bonchev–Trinajstić information content (AvgIpc) is 3.05. The van der Waals surface area contributed by atoms with E-state index in [1.807, 2.05) is 0 Å². The van der Waals surface area contributed by atoms with Gasteiger partial charge in [-0.3, -0.25) is 4.90 Å². The fourth-order valence-corrected chi connectivity index (χ4v) is 4.43.